The molecule has 80 valence electrons. The molecule has 1 aromatic heterocycles. The fourth-order valence-electron chi connectivity index (χ4n) is 1.68. The maximum absolute atomic E-state index is 9.09. The number of nitrogens with zero attached hydrogens (tertiary/aromatic N) is 4. The molecule has 1 heterocycles. The van der Waals surface area contributed by atoms with Crippen LogP contribution in [0.25, 0.3) is 11.0 Å². The van der Waals surface area contributed by atoms with Gasteiger partial charge in [0.2, 0.25) is 0 Å². The number of aromatic nitrogens is 2. The van der Waals surface area contributed by atoms with Gasteiger partial charge in [-0.2, -0.15) is 15.8 Å². The summed E-state index contributed by atoms with van der Waals surface area (Å²) in [5, 5.41) is 27.0. The van der Waals surface area contributed by atoms with Gasteiger partial charge in [-0.25, -0.2) is 4.98 Å². The summed E-state index contributed by atoms with van der Waals surface area (Å²) in [4.78, 5) is 7.27. The standard InChI is InChI=1S/C12H7N5/c1-2-11-16-10-3-7(4-13)8(5-14)9(6-15)12(10)17-11/h3H,2H2,1H3,(H,16,17). The third-order valence-electron chi connectivity index (χ3n) is 2.50. The number of aryl methyl sites for hydroxylation is 1. The number of aromatic amines is 1. The van der Waals surface area contributed by atoms with Crippen molar-refractivity contribution < 1.29 is 0 Å². The monoisotopic (exact) mass is 221 g/mol. The SMILES string of the molecule is CCc1nc2c(C#N)c(C#N)c(C#N)cc2[nH]1. The van der Waals surface area contributed by atoms with Crippen LogP contribution in [0.3, 0.4) is 0 Å². The zero-order valence-electron chi connectivity index (χ0n) is 9.07. The predicted molar refractivity (Wildman–Crippen MR) is 59.6 cm³/mol. The van der Waals surface area contributed by atoms with Gasteiger partial charge in [0.15, 0.2) is 0 Å². The highest BCUT2D eigenvalue weighted by atomic mass is 14.9. The Morgan fingerprint density at radius 1 is 1.18 bits per heavy atom. The number of imidazole rings is 1. The van der Waals surface area contributed by atoms with E-state index in [1.165, 1.54) is 0 Å². The van der Waals surface area contributed by atoms with Crippen molar-refractivity contribution in [2.24, 2.45) is 0 Å². The molecule has 0 aliphatic carbocycles. The topological polar surface area (TPSA) is 100 Å². The van der Waals surface area contributed by atoms with Crippen molar-refractivity contribution in [2.75, 3.05) is 0 Å². The lowest BCUT2D eigenvalue weighted by Gasteiger charge is -1.97. The molecule has 0 radical (unpaired) electrons. The second-order valence-electron chi connectivity index (χ2n) is 3.44. The van der Waals surface area contributed by atoms with Crippen LogP contribution >= 0.6 is 0 Å². The summed E-state index contributed by atoms with van der Waals surface area (Å²) < 4.78 is 0. The predicted octanol–water partition coefficient (Wildman–Crippen LogP) is 1.74. The van der Waals surface area contributed by atoms with E-state index in [9.17, 15) is 0 Å². The van der Waals surface area contributed by atoms with Crippen LogP contribution < -0.4 is 0 Å². The number of hydrogen-bond acceptors (Lipinski definition) is 4. The maximum atomic E-state index is 9.09. The van der Waals surface area contributed by atoms with Crippen molar-refractivity contribution in [3.8, 4) is 18.2 Å². The van der Waals surface area contributed by atoms with Gasteiger partial charge in [0, 0.05) is 6.42 Å². The smallest absolute Gasteiger partial charge is 0.108 e. The Balaban J connectivity index is 2.95. The summed E-state index contributed by atoms with van der Waals surface area (Å²) in [5.74, 6) is 0.732. The van der Waals surface area contributed by atoms with Crippen LogP contribution in [-0.4, -0.2) is 9.97 Å². The molecular formula is C12H7N5. The van der Waals surface area contributed by atoms with Crippen LogP contribution in [0.1, 0.15) is 29.4 Å². The van der Waals surface area contributed by atoms with Gasteiger partial charge in [-0.05, 0) is 6.07 Å². The van der Waals surface area contributed by atoms with Gasteiger partial charge in [0.1, 0.15) is 29.5 Å². The quantitative estimate of drug-likeness (QED) is 0.792. The molecule has 0 spiro atoms. The van der Waals surface area contributed by atoms with Crippen LogP contribution in [0.2, 0.25) is 0 Å². The molecule has 0 amide bonds. The van der Waals surface area contributed by atoms with E-state index in [0.29, 0.717) is 17.5 Å². The van der Waals surface area contributed by atoms with Crippen molar-refractivity contribution >= 4 is 11.0 Å². The third-order valence-corrected chi connectivity index (χ3v) is 2.50. The second kappa shape index (κ2) is 3.96. The number of nitriles is 3. The Bertz CT molecular complexity index is 718. The molecule has 0 saturated carbocycles. The first-order chi connectivity index (χ1) is 8.24. The molecule has 2 aromatic rings. The molecule has 0 aliphatic rings. The Morgan fingerprint density at radius 3 is 2.41 bits per heavy atom. The molecule has 1 aromatic carbocycles. The summed E-state index contributed by atoms with van der Waals surface area (Å²) in [5.41, 5.74) is 1.53. The second-order valence-corrected chi connectivity index (χ2v) is 3.44. The van der Waals surface area contributed by atoms with Crippen LogP contribution in [0.5, 0.6) is 0 Å². The number of rotatable bonds is 1. The molecule has 0 aliphatic heterocycles. The van der Waals surface area contributed by atoms with E-state index in [2.05, 4.69) is 9.97 Å². The first kappa shape index (κ1) is 10.7. The molecule has 5 heteroatoms. The van der Waals surface area contributed by atoms with E-state index in [-0.39, 0.29) is 16.7 Å². The van der Waals surface area contributed by atoms with Crippen molar-refractivity contribution in [1.82, 2.24) is 9.97 Å². The first-order valence-electron chi connectivity index (χ1n) is 5.01. The van der Waals surface area contributed by atoms with Gasteiger partial charge in [-0.1, -0.05) is 6.92 Å². The molecule has 0 atom stereocenters. The van der Waals surface area contributed by atoms with Crippen molar-refractivity contribution in [3.05, 3.63) is 28.6 Å². The van der Waals surface area contributed by atoms with Crippen LogP contribution in [-0.2, 0) is 6.42 Å². The number of nitrogens with one attached hydrogen (secondary N) is 1. The number of hydrogen-bond donors (Lipinski definition) is 1. The molecule has 0 saturated heterocycles. The summed E-state index contributed by atoms with van der Waals surface area (Å²) in [7, 11) is 0. The highest BCUT2D eigenvalue weighted by Crippen LogP contribution is 2.23. The number of fused-ring (bicyclic) bond motifs is 1. The van der Waals surface area contributed by atoms with E-state index in [4.69, 9.17) is 15.8 Å². The normalized spacial score (nSPS) is 9.53. The molecule has 0 fully saturated rings. The van der Waals surface area contributed by atoms with E-state index in [0.717, 1.165) is 5.82 Å². The van der Waals surface area contributed by atoms with Crippen LogP contribution in [0, 0.1) is 34.0 Å². The number of benzene rings is 1. The summed E-state index contributed by atoms with van der Waals surface area (Å²) in [6.07, 6.45) is 0.698. The van der Waals surface area contributed by atoms with E-state index >= 15 is 0 Å². The third kappa shape index (κ3) is 1.49. The molecule has 5 nitrogen and oxygen atoms in total. The largest absolute Gasteiger partial charge is 0.342 e. The Labute approximate surface area is 97.5 Å². The van der Waals surface area contributed by atoms with Gasteiger partial charge < -0.3 is 4.98 Å². The molecule has 1 N–H and O–H groups in total. The van der Waals surface area contributed by atoms with Gasteiger partial charge in [0.05, 0.1) is 22.2 Å². The highest BCUT2D eigenvalue weighted by Gasteiger charge is 2.16. The van der Waals surface area contributed by atoms with Crippen LogP contribution in [0.15, 0.2) is 6.07 Å². The summed E-state index contributed by atoms with van der Waals surface area (Å²) in [6, 6.07) is 7.31. The molecule has 0 bridgehead atoms. The minimum atomic E-state index is 0.0941. The lowest BCUT2D eigenvalue weighted by atomic mass is 10.0. The van der Waals surface area contributed by atoms with E-state index < -0.39 is 0 Å². The van der Waals surface area contributed by atoms with Crippen molar-refractivity contribution in [2.45, 2.75) is 13.3 Å². The van der Waals surface area contributed by atoms with Crippen molar-refractivity contribution in [1.29, 1.82) is 15.8 Å². The summed E-state index contributed by atoms with van der Waals surface area (Å²) >= 11 is 0. The fourth-order valence-corrected chi connectivity index (χ4v) is 1.68. The minimum Gasteiger partial charge on any atom is -0.342 e. The molecule has 2 rings (SSSR count). The van der Waals surface area contributed by atoms with Crippen molar-refractivity contribution in [3.63, 3.8) is 0 Å². The average Bonchev–Trinajstić information content (AvgIpc) is 2.78. The van der Waals surface area contributed by atoms with Gasteiger partial charge in [0.25, 0.3) is 0 Å². The molecule has 0 unspecified atom stereocenters. The zero-order chi connectivity index (χ0) is 12.4. The fraction of sp³-hybridized carbons (Fsp3) is 0.167. The van der Waals surface area contributed by atoms with Gasteiger partial charge >= 0.3 is 0 Å². The van der Waals surface area contributed by atoms with E-state index in [1.54, 1.807) is 6.07 Å². The minimum absolute atomic E-state index is 0.0941. The maximum Gasteiger partial charge on any atom is 0.108 e. The average molecular weight is 221 g/mol. The summed E-state index contributed by atoms with van der Waals surface area (Å²) in [6.45, 7) is 1.93. The molecule has 17 heavy (non-hydrogen) atoms. The molecular weight excluding hydrogens is 214 g/mol. The lowest BCUT2D eigenvalue weighted by Crippen LogP contribution is -1.91. The highest BCUT2D eigenvalue weighted by molar-refractivity contribution is 5.86. The Kier molecular flexibility index (Phi) is 2.49. The zero-order valence-corrected chi connectivity index (χ0v) is 9.07. The van der Waals surface area contributed by atoms with Gasteiger partial charge in [-0.15, -0.1) is 0 Å². The van der Waals surface area contributed by atoms with Crippen LogP contribution in [0.4, 0.5) is 0 Å². The number of H-pyrrole nitrogens is 1. The van der Waals surface area contributed by atoms with E-state index in [1.807, 2.05) is 25.1 Å². The van der Waals surface area contributed by atoms with Gasteiger partial charge in [-0.3, -0.25) is 0 Å². The first-order valence-corrected chi connectivity index (χ1v) is 5.01. The Morgan fingerprint density at radius 2 is 1.88 bits per heavy atom. The Hall–Kier alpha value is -2.84. The lowest BCUT2D eigenvalue weighted by molar-refractivity contribution is 1.00.